The van der Waals surface area contributed by atoms with Crippen LogP contribution in [0.2, 0.25) is 0 Å². The molecule has 3 rings (SSSR count). The SMILES string of the molecule is O=C(O)c1c(O)ccc(Cc2ccccc2O[C@H]2O[C@@H](CO)[C@H](O)[C@H](O)[C@@H]2O)c1O. The van der Waals surface area contributed by atoms with Crippen LogP contribution in [0, 0.1) is 0 Å². The summed E-state index contributed by atoms with van der Waals surface area (Å²) in [4.78, 5) is 11.3. The van der Waals surface area contributed by atoms with Gasteiger partial charge in [-0.05, 0) is 23.3 Å². The van der Waals surface area contributed by atoms with Gasteiger partial charge in [-0.25, -0.2) is 4.79 Å². The fourth-order valence-corrected chi connectivity index (χ4v) is 3.24. The van der Waals surface area contributed by atoms with Crippen LogP contribution in [-0.2, 0) is 11.2 Å². The maximum Gasteiger partial charge on any atom is 0.343 e. The van der Waals surface area contributed by atoms with Gasteiger partial charge in [0.05, 0.1) is 6.61 Å². The monoisotopic (exact) mass is 422 g/mol. The molecular weight excluding hydrogens is 400 g/mol. The number of aliphatic hydroxyl groups excluding tert-OH is 4. The lowest BCUT2D eigenvalue weighted by Gasteiger charge is -2.39. The summed E-state index contributed by atoms with van der Waals surface area (Å²) >= 11 is 0. The van der Waals surface area contributed by atoms with Crippen molar-refractivity contribution in [2.75, 3.05) is 6.61 Å². The number of phenols is 2. The minimum atomic E-state index is -1.60. The van der Waals surface area contributed by atoms with E-state index < -0.39 is 60.3 Å². The van der Waals surface area contributed by atoms with Crippen molar-refractivity contribution in [3.63, 3.8) is 0 Å². The van der Waals surface area contributed by atoms with Crippen LogP contribution < -0.4 is 4.74 Å². The summed E-state index contributed by atoms with van der Waals surface area (Å²) < 4.78 is 11.0. The molecule has 0 unspecified atom stereocenters. The Balaban J connectivity index is 1.87. The third-order valence-corrected chi connectivity index (χ3v) is 4.90. The summed E-state index contributed by atoms with van der Waals surface area (Å²) in [5.74, 6) is -2.45. The molecule has 0 aliphatic carbocycles. The molecule has 1 aliphatic heterocycles. The normalized spacial score (nSPS) is 26.3. The highest BCUT2D eigenvalue weighted by Crippen LogP contribution is 2.34. The molecule has 0 bridgehead atoms. The predicted octanol–water partition coefficient (Wildman–Crippen LogP) is -0.435. The van der Waals surface area contributed by atoms with E-state index in [0.717, 1.165) is 6.07 Å². The van der Waals surface area contributed by atoms with Crippen molar-refractivity contribution in [3.05, 3.63) is 53.1 Å². The van der Waals surface area contributed by atoms with Crippen molar-refractivity contribution in [2.45, 2.75) is 37.1 Å². The Morgan fingerprint density at radius 2 is 1.67 bits per heavy atom. The van der Waals surface area contributed by atoms with Crippen molar-refractivity contribution in [1.29, 1.82) is 0 Å². The molecule has 1 fully saturated rings. The molecule has 7 N–H and O–H groups in total. The summed E-state index contributed by atoms with van der Waals surface area (Å²) in [6.45, 7) is -0.605. The fraction of sp³-hybridized carbons (Fsp3) is 0.350. The first-order valence-corrected chi connectivity index (χ1v) is 9.06. The van der Waals surface area contributed by atoms with E-state index in [1.165, 1.54) is 12.1 Å². The maximum absolute atomic E-state index is 11.3. The van der Waals surface area contributed by atoms with Gasteiger partial charge in [0.25, 0.3) is 0 Å². The molecular formula is C20H22O10. The average Bonchev–Trinajstić information content (AvgIpc) is 2.71. The van der Waals surface area contributed by atoms with Crippen LogP contribution >= 0.6 is 0 Å². The Kier molecular flexibility index (Phi) is 6.44. The zero-order valence-corrected chi connectivity index (χ0v) is 15.6. The Bertz CT molecular complexity index is 912. The van der Waals surface area contributed by atoms with Gasteiger partial charge < -0.3 is 45.2 Å². The highest BCUT2D eigenvalue weighted by Gasteiger charge is 2.44. The van der Waals surface area contributed by atoms with Crippen LogP contribution in [0.3, 0.4) is 0 Å². The van der Waals surface area contributed by atoms with Gasteiger partial charge in [0.1, 0.15) is 47.2 Å². The van der Waals surface area contributed by atoms with Gasteiger partial charge in [0.2, 0.25) is 6.29 Å². The van der Waals surface area contributed by atoms with Gasteiger partial charge in [-0.15, -0.1) is 0 Å². The van der Waals surface area contributed by atoms with E-state index in [2.05, 4.69) is 0 Å². The van der Waals surface area contributed by atoms with Crippen molar-refractivity contribution < 1.29 is 50.0 Å². The van der Waals surface area contributed by atoms with Crippen molar-refractivity contribution in [3.8, 4) is 17.2 Å². The number of para-hydroxylation sites is 1. The first-order chi connectivity index (χ1) is 14.2. The molecule has 0 aromatic heterocycles. The second-order valence-electron chi connectivity index (χ2n) is 6.87. The first kappa shape index (κ1) is 21.8. The Hall–Kier alpha value is -2.89. The van der Waals surface area contributed by atoms with Crippen LogP contribution in [0.25, 0.3) is 0 Å². The van der Waals surface area contributed by atoms with Crippen LogP contribution in [0.4, 0.5) is 0 Å². The molecule has 162 valence electrons. The van der Waals surface area contributed by atoms with Gasteiger partial charge in [-0.3, -0.25) is 0 Å². The van der Waals surface area contributed by atoms with E-state index in [-0.39, 0.29) is 17.7 Å². The lowest BCUT2D eigenvalue weighted by Crippen LogP contribution is -2.60. The molecule has 5 atom stereocenters. The van der Waals surface area contributed by atoms with E-state index in [1.54, 1.807) is 18.2 Å². The largest absolute Gasteiger partial charge is 0.507 e. The van der Waals surface area contributed by atoms with Gasteiger partial charge in [-0.2, -0.15) is 0 Å². The van der Waals surface area contributed by atoms with E-state index >= 15 is 0 Å². The zero-order chi connectivity index (χ0) is 22.0. The molecule has 10 heteroatoms. The number of aromatic carboxylic acids is 1. The minimum absolute atomic E-state index is 0.0139. The minimum Gasteiger partial charge on any atom is -0.507 e. The fourth-order valence-electron chi connectivity index (χ4n) is 3.24. The summed E-state index contributed by atoms with van der Waals surface area (Å²) in [6.07, 6.45) is -7.25. The number of rotatable bonds is 6. The Morgan fingerprint density at radius 3 is 2.33 bits per heavy atom. The number of carboxylic acid groups (broad SMARTS) is 1. The van der Waals surface area contributed by atoms with Crippen LogP contribution in [0.15, 0.2) is 36.4 Å². The molecule has 10 nitrogen and oxygen atoms in total. The van der Waals surface area contributed by atoms with Crippen LogP contribution in [-0.4, -0.2) is 79.0 Å². The molecule has 1 heterocycles. The van der Waals surface area contributed by atoms with E-state index in [4.69, 9.17) is 9.47 Å². The zero-order valence-electron chi connectivity index (χ0n) is 15.6. The van der Waals surface area contributed by atoms with Crippen molar-refractivity contribution in [1.82, 2.24) is 0 Å². The van der Waals surface area contributed by atoms with Crippen LogP contribution in [0.1, 0.15) is 21.5 Å². The molecule has 0 saturated carbocycles. The van der Waals surface area contributed by atoms with E-state index in [9.17, 15) is 40.5 Å². The third kappa shape index (κ3) is 4.18. The second-order valence-corrected chi connectivity index (χ2v) is 6.87. The van der Waals surface area contributed by atoms with Gasteiger partial charge in [0, 0.05) is 6.42 Å². The number of ether oxygens (including phenoxy) is 2. The topological polar surface area (TPSA) is 177 Å². The van der Waals surface area contributed by atoms with Crippen molar-refractivity contribution in [2.24, 2.45) is 0 Å². The molecule has 1 saturated heterocycles. The number of carboxylic acids is 1. The number of aliphatic hydroxyl groups is 4. The number of carbonyl (C=O) groups is 1. The summed E-state index contributed by atoms with van der Waals surface area (Å²) in [7, 11) is 0. The Labute approximate surface area is 170 Å². The maximum atomic E-state index is 11.3. The highest BCUT2D eigenvalue weighted by atomic mass is 16.7. The van der Waals surface area contributed by atoms with Gasteiger partial charge in [0.15, 0.2) is 0 Å². The molecule has 2 aromatic rings. The van der Waals surface area contributed by atoms with E-state index in [0.29, 0.717) is 5.56 Å². The van der Waals surface area contributed by atoms with Crippen LogP contribution in [0.5, 0.6) is 17.2 Å². The lowest BCUT2D eigenvalue weighted by atomic mass is 9.98. The van der Waals surface area contributed by atoms with E-state index in [1.807, 2.05) is 0 Å². The highest BCUT2D eigenvalue weighted by molar-refractivity contribution is 5.94. The molecule has 0 spiro atoms. The number of hydrogen-bond acceptors (Lipinski definition) is 9. The number of benzene rings is 2. The predicted molar refractivity (Wildman–Crippen MR) is 100 cm³/mol. The molecule has 0 amide bonds. The van der Waals surface area contributed by atoms with Gasteiger partial charge >= 0.3 is 5.97 Å². The number of hydrogen-bond donors (Lipinski definition) is 7. The smallest absolute Gasteiger partial charge is 0.343 e. The molecule has 30 heavy (non-hydrogen) atoms. The third-order valence-electron chi connectivity index (χ3n) is 4.90. The molecule has 2 aromatic carbocycles. The number of aromatic hydroxyl groups is 2. The second kappa shape index (κ2) is 8.86. The summed E-state index contributed by atoms with van der Waals surface area (Å²) in [5.41, 5.74) is 0.0571. The molecule has 0 radical (unpaired) electrons. The summed E-state index contributed by atoms with van der Waals surface area (Å²) in [6, 6.07) is 8.98. The molecule has 1 aliphatic rings. The quantitative estimate of drug-likeness (QED) is 0.323. The van der Waals surface area contributed by atoms with Crippen molar-refractivity contribution >= 4 is 5.97 Å². The summed E-state index contributed by atoms with van der Waals surface area (Å²) in [5, 5.41) is 68.3. The first-order valence-electron chi connectivity index (χ1n) is 9.06. The van der Waals surface area contributed by atoms with Gasteiger partial charge in [-0.1, -0.05) is 24.3 Å². The Morgan fingerprint density at radius 1 is 0.967 bits per heavy atom. The standard InChI is InChI=1S/C20H22O10/c21-8-13-16(24)17(25)18(26)20(30-13)29-12-4-2-1-3-9(12)7-10-5-6-11(22)14(15(10)23)19(27)28/h1-6,13,16-18,20-26H,7-8H2,(H,27,28)/t13-,16-,17-,18-,20-/m0/s1. The average molecular weight is 422 g/mol. The lowest BCUT2D eigenvalue weighted by molar-refractivity contribution is -0.277.